The second kappa shape index (κ2) is 6.79. The van der Waals surface area contributed by atoms with Crippen molar-refractivity contribution in [3.8, 4) is 0 Å². The number of fused-ring (bicyclic) bond motifs is 1. The van der Waals surface area contributed by atoms with Crippen molar-refractivity contribution in [2.24, 2.45) is 11.8 Å². The number of amides is 1. The monoisotopic (exact) mass is 329 g/mol. The maximum absolute atomic E-state index is 11.1. The van der Waals surface area contributed by atoms with Crippen molar-refractivity contribution in [3.05, 3.63) is 18.1 Å². The molecule has 2 heterocycles. The fourth-order valence-electron chi connectivity index (χ4n) is 3.99. The smallest absolute Gasteiger partial charge is 0.216 e. The Labute approximate surface area is 143 Å². The van der Waals surface area contributed by atoms with Gasteiger partial charge in [-0.15, -0.1) is 0 Å². The first kappa shape index (κ1) is 16.7. The lowest BCUT2D eigenvalue weighted by Gasteiger charge is -2.26. The number of nitrogens with one attached hydrogen (secondary N) is 2. The van der Waals surface area contributed by atoms with Crippen LogP contribution in [0.1, 0.15) is 38.7 Å². The summed E-state index contributed by atoms with van der Waals surface area (Å²) in [6, 6.07) is 0.481. The first-order valence-electron chi connectivity index (χ1n) is 8.73. The molecule has 3 rings (SSSR count). The first-order chi connectivity index (χ1) is 11.5. The zero-order valence-electron chi connectivity index (χ0n) is 15.0. The highest BCUT2D eigenvalue weighted by Crippen LogP contribution is 2.38. The number of hydrogen-bond donors (Lipinski definition) is 2. The van der Waals surface area contributed by atoms with E-state index in [0.717, 1.165) is 42.7 Å². The van der Waals surface area contributed by atoms with E-state index in [2.05, 4.69) is 46.1 Å². The van der Waals surface area contributed by atoms with E-state index in [1.807, 2.05) is 6.20 Å². The SMILES string of the molecule is CC(=O)NCC[C@H]1C[C@H](N(C)c2ncnc3[nH]cc(C)c23)CC1C. The standard InChI is InChI=1S/C18H27N5O/c1-11-7-15(8-14(11)5-6-19-13(3)24)23(4)18-16-12(2)9-20-17(16)21-10-22-18/h9-11,14-15H,5-8H2,1-4H3,(H,19,24)(H,20,21,22)/t11?,14-,15+/m0/s1. The zero-order chi connectivity index (χ0) is 17.3. The highest BCUT2D eigenvalue weighted by Gasteiger charge is 2.34. The predicted molar refractivity (Wildman–Crippen MR) is 96.0 cm³/mol. The molecule has 6 nitrogen and oxygen atoms in total. The van der Waals surface area contributed by atoms with Crippen LogP contribution in [0.5, 0.6) is 0 Å². The largest absolute Gasteiger partial charge is 0.356 e. The third kappa shape index (κ3) is 3.23. The maximum Gasteiger partial charge on any atom is 0.216 e. The Morgan fingerprint density at radius 3 is 2.96 bits per heavy atom. The fourth-order valence-corrected chi connectivity index (χ4v) is 3.99. The van der Waals surface area contributed by atoms with Gasteiger partial charge in [-0.2, -0.15) is 0 Å². The number of nitrogens with zero attached hydrogens (tertiary/aromatic N) is 3. The Bertz CT molecular complexity index is 725. The van der Waals surface area contributed by atoms with Gasteiger partial charge in [0.05, 0.1) is 5.39 Å². The number of carbonyl (C=O) groups is 1. The molecule has 24 heavy (non-hydrogen) atoms. The number of carbonyl (C=O) groups excluding carboxylic acids is 1. The summed E-state index contributed by atoms with van der Waals surface area (Å²) in [4.78, 5) is 25.5. The molecule has 1 fully saturated rings. The van der Waals surface area contributed by atoms with E-state index >= 15 is 0 Å². The highest BCUT2D eigenvalue weighted by atomic mass is 16.1. The molecule has 2 aromatic heterocycles. The molecule has 130 valence electrons. The summed E-state index contributed by atoms with van der Waals surface area (Å²) in [7, 11) is 2.14. The third-order valence-electron chi connectivity index (χ3n) is 5.44. The molecular formula is C18H27N5O. The van der Waals surface area contributed by atoms with Crippen molar-refractivity contribution >= 4 is 22.8 Å². The van der Waals surface area contributed by atoms with E-state index in [1.165, 1.54) is 5.56 Å². The summed E-state index contributed by atoms with van der Waals surface area (Å²) in [6.07, 6.45) is 6.98. The van der Waals surface area contributed by atoms with E-state index < -0.39 is 0 Å². The van der Waals surface area contributed by atoms with Crippen LogP contribution in [0, 0.1) is 18.8 Å². The average Bonchev–Trinajstić information content (AvgIpc) is 3.10. The lowest BCUT2D eigenvalue weighted by molar-refractivity contribution is -0.119. The summed E-state index contributed by atoms with van der Waals surface area (Å²) < 4.78 is 0. The average molecular weight is 329 g/mol. The molecule has 0 aliphatic heterocycles. The van der Waals surface area contributed by atoms with E-state index in [0.29, 0.717) is 17.9 Å². The Morgan fingerprint density at radius 2 is 2.21 bits per heavy atom. The maximum atomic E-state index is 11.1. The number of aryl methyl sites for hydroxylation is 1. The van der Waals surface area contributed by atoms with E-state index in [1.54, 1.807) is 13.3 Å². The van der Waals surface area contributed by atoms with Crippen molar-refractivity contribution in [3.63, 3.8) is 0 Å². The molecule has 0 spiro atoms. The predicted octanol–water partition coefficient (Wildman–Crippen LogP) is 2.64. The molecular weight excluding hydrogens is 302 g/mol. The van der Waals surface area contributed by atoms with Crippen LogP contribution >= 0.6 is 0 Å². The quantitative estimate of drug-likeness (QED) is 0.884. The molecule has 0 aromatic carbocycles. The molecule has 1 unspecified atom stereocenters. The topological polar surface area (TPSA) is 73.9 Å². The lowest BCUT2D eigenvalue weighted by atomic mass is 9.95. The van der Waals surface area contributed by atoms with Crippen LogP contribution < -0.4 is 10.2 Å². The van der Waals surface area contributed by atoms with Crippen LogP contribution in [0.15, 0.2) is 12.5 Å². The van der Waals surface area contributed by atoms with Gasteiger partial charge in [0, 0.05) is 32.8 Å². The Balaban J connectivity index is 1.72. The number of anilines is 1. The van der Waals surface area contributed by atoms with Crippen LogP contribution in [0.2, 0.25) is 0 Å². The molecule has 6 heteroatoms. The fraction of sp³-hybridized carbons (Fsp3) is 0.611. The molecule has 0 saturated heterocycles. The number of aromatic nitrogens is 3. The molecule has 0 radical (unpaired) electrons. The van der Waals surface area contributed by atoms with Crippen molar-refractivity contribution in [1.29, 1.82) is 0 Å². The summed E-state index contributed by atoms with van der Waals surface area (Å²) in [5.41, 5.74) is 2.08. The molecule has 2 aromatic rings. The molecule has 1 amide bonds. The summed E-state index contributed by atoms with van der Waals surface area (Å²) in [5, 5.41) is 4.04. The van der Waals surface area contributed by atoms with E-state index in [9.17, 15) is 4.79 Å². The van der Waals surface area contributed by atoms with Crippen LogP contribution in [0.4, 0.5) is 5.82 Å². The number of rotatable bonds is 5. The number of H-pyrrole nitrogens is 1. The Hall–Kier alpha value is -2.11. The van der Waals surface area contributed by atoms with Gasteiger partial charge in [0.1, 0.15) is 17.8 Å². The second-order valence-electron chi connectivity index (χ2n) is 7.14. The van der Waals surface area contributed by atoms with E-state index in [4.69, 9.17) is 0 Å². The minimum absolute atomic E-state index is 0.0561. The molecule has 1 saturated carbocycles. The highest BCUT2D eigenvalue weighted by molar-refractivity contribution is 5.90. The van der Waals surface area contributed by atoms with Crippen LogP contribution in [0.25, 0.3) is 11.0 Å². The van der Waals surface area contributed by atoms with Gasteiger partial charge in [0.25, 0.3) is 0 Å². The van der Waals surface area contributed by atoms with Crippen molar-refractivity contribution < 1.29 is 4.79 Å². The summed E-state index contributed by atoms with van der Waals surface area (Å²) in [6.45, 7) is 6.76. The van der Waals surface area contributed by atoms with Gasteiger partial charge in [0.2, 0.25) is 5.91 Å². The molecule has 1 aliphatic rings. The number of aromatic amines is 1. The van der Waals surface area contributed by atoms with Gasteiger partial charge in [-0.1, -0.05) is 6.92 Å². The Kier molecular flexibility index (Phi) is 4.73. The molecule has 2 N–H and O–H groups in total. The van der Waals surface area contributed by atoms with Crippen molar-refractivity contribution in [2.75, 3.05) is 18.5 Å². The molecule has 0 bridgehead atoms. The zero-order valence-corrected chi connectivity index (χ0v) is 15.0. The Morgan fingerprint density at radius 1 is 1.42 bits per heavy atom. The van der Waals surface area contributed by atoms with Gasteiger partial charge >= 0.3 is 0 Å². The summed E-state index contributed by atoms with van der Waals surface area (Å²) in [5.74, 6) is 2.38. The first-order valence-corrected chi connectivity index (χ1v) is 8.73. The summed E-state index contributed by atoms with van der Waals surface area (Å²) >= 11 is 0. The van der Waals surface area contributed by atoms with Gasteiger partial charge in [-0.05, 0) is 43.6 Å². The van der Waals surface area contributed by atoms with Gasteiger partial charge in [-0.3, -0.25) is 4.79 Å². The van der Waals surface area contributed by atoms with Gasteiger partial charge < -0.3 is 15.2 Å². The minimum atomic E-state index is 0.0561. The van der Waals surface area contributed by atoms with Crippen molar-refractivity contribution in [1.82, 2.24) is 20.3 Å². The van der Waals surface area contributed by atoms with Crippen LogP contribution in [-0.2, 0) is 4.79 Å². The minimum Gasteiger partial charge on any atom is -0.356 e. The van der Waals surface area contributed by atoms with Crippen LogP contribution in [-0.4, -0.2) is 40.5 Å². The molecule has 1 aliphatic carbocycles. The van der Waals surface area contributed by atoms with E-state index in [-0.39, 0.29) is 5.91 Å². The molecule has 3 atom stereocenters. The second-order valence-corrected chi connectivity index (χ2v) is 7.14. The number of hydrogen-bond acceptors (Lipinski definition) is 4. The lowest BCUT2D eigenvalue weighted by Crippen LogP contribution is -2.30. The van der Waals surface area contributed by atoms with Crippen LogP contribution in [0.3, 0.4) is 0 Å². The van der Waals surface area contributed by atoms with Gasteiger partial charge in [-0.25, -0.2) is 9.97 Å². The van der Waals surface area contributed by atoms with Gasteiger partial charge in [0.15, 0.2) is 0 Å². The normalized spacial score (nSPS) is 23.6. The third-order valence-corrected chi connectivity index (χ3v) is 5.44. The van der Waals surface area contributed by atoms with Crippen molar-refractivity contribution in [2.45, 2.75) is 46.1 Å².